The Hall–Kier alpha value is -2.86. The molecule has 0 aliphatic heterocycles. The molecule has 130 valence electrons. The highest BCUT2D eigenvalue weighted by molar-refractivity contribution is 6.30. The Morgan fingerprint density at radius 3 is 1.96 bits per heavy atom. The first kappa shape index (κ1) is 18.5. The summed E-state index contributed by atoms with van der Waals surface area (Å²) >= 11 is 5.76. The number of anilines is 2. The predicted octanol–water partition coefficient (Wildman–Crippen LogP) is 3.48. The number of nitrogens with one attached hydrogen (secondary N) is 2. The molecule has 25 heavy (non-hydrogen) atoms. The van der Waals surface area contributed by atoms with Crippen LogP contribution < -0.4 is 10.6 Å². The lowest BCUT2D eigenvalue weighted by atomic mass is 10.2. The fourth-order valence-corrected chi connectivity index (χ4v) is 2.08. The third-order valence-electron chi connectivity index (χ3n) is 3.21. The van der Waals surface area contributed by atoms with E-state index < -0.39 is 18.0 Å². The van der Waals surface area contributed by atoms with Crippen molar-refractivity contribution in [1.82, 2.24) is 0 Å². The van der Waals surface area contributed by atoms with E-state index in [1.165, 1.54) is 26.0 Å². The zero-order valence-corrected chi connectivity index (χ0v) is 14.5. The Kier molecular flexibility index (Phi) is 6.14. The van der Waals surface area contributed by atoms with Crippen LogP contribution in [0.4, 0.5) is 11.4 Å². The summed E-state index contributed by atoms with van der Waals surface area (Å²) in [6.45, 7) is 2.89. The molecule has 0 aromatic heterocycles. The molecule has 0 heterocycles. The van der Waals surface area contributed by atoms with Crippen LogP contribution in [0.15, 0.2) is 48.5 Å². The van der Waals surface area contributed by atoms with Gasteiger partial charge in [0, 0.05) is 23.3 Å². The van der Waals surface area contributed by atoms with E-state index in [2.05, 4.69) is 10.6 Å². The third kappa shape index (κ3) is 5.61. The summed E-state index contributed by atoms with van der Waals surface area (Å²) in [4.78, 5) is 35.1. The molecule has 0 saturated carbocycles. The van der Waals surface area contributed by atoms with Crippen LogP contribution in [-0.4, -0.2) is 23.9 Å². The summed E-state index contributed by atoms with van der Waals surface area (Å²) < 4.78 is 5.14. The van der Waals surface area contributed by atoms with Crippen LogP contribution in [-0.2, 0) is 14.3 Å². The molecule has 2 N–H and O–H groups in total. The zero-order valence-electron chi connectivity index (χ0n) is 13.7. The van der Waals surface area contributed by atoms with E-state index >= 15 is 0 Å². The minimum absolute atomic E-state index is 0.181. The summed E-state index contributed by atoms with van der Waals surface area (Å²) in [6.07, 6.45) is -0.974. The quantitative estimate of drug-likeness (QED) is 0.799. The molecular formula is C18H17ClN2O4. The summed E-state index contributed by atoms with van der Waals surface area (Å²) in [5.41, 5.74) is 1.45. The summed E-state index contributed by atoms with van der Waals surface area (Å²) in [6, 6.07) is 12.8. The van der Waals surface area contributed by atoms with Gasteiger partial charge in [-0.2, -0.15) is 0 Å². The van der Waals surface area contributed by atoms with Crippen LogP contribution in [0, 0.1) is 0 Å². The van der Waals surface area contributed by atoms with Gasteiger partial charge in [-0.05, 0) is 55.5 Å². The molecule has 2 aromatic rings. The molecule has 0 spiro atoms. The molecule has 0 aliphatic rings. The lowest BCUT2D eigenvalue weighted by molar-refractivity contribution is -0.123. The Morgan fingerprint density at radius 1 is 0.920 bits per heavy atom. The molecule has 6 nitrogen and oxygen atoms in total. The van der Waals surface area contributed by atoms with Crippen molar-refractivity contribution in [2.24, 2.45) is 0 Å². The Labute approximate surface area is 150 Å². The summed E-state index contributed by atoms with van der Waals surface area (Å²) in [7, 11) is 0. The number of esters is 1. The molecule has 0 fully saturated rings. The minimum atomic E-state index is -0.974. The van der Waals surface area contributed by atoms with Crippen LogP contribution >= 0.6 is 11.6 Å². The number of hydrogen-bond donors (Lipinski definition) is 2. The number of hydrogen-bond acceptors (Lipinski definition) is 4. The van der Waals surface area contributed by atoms with E-state index in [4.69, 9.17) is 16.3 Å². The molecular weight excluding hydrogens is 344 g/mol. The average Bonchev–Trinajstić information content (AvgIpc) is 2.56. The van der Waals surface area contributed by atoms with Gasteiger partial charge in [0.1, 0.15) is 0 Å². The predicted molar refractivity (Wildman–Crippen MR) is 95.7 cm³/mol. The molecule has 1 atom stereocenters. The van der Waals surface area contributed by atoms with Crippen molar-refractivity contribution in [2.45, 2.75) is 20.0 Å². The zero-order chi connectivity index (χ0) is 18.4. The van der Waals surface area contributed by atoms with Gasteiger partial charge in [-0.1, -0.05) is 11.6 Å². The van der Waals surface area contributed by atoms with Gasteiger partial charge in [0.15, 0.2) is 6.10 Å². The second kappa shape index (κ2) is 8.30. The maximum atomic E-state index is 12.1. The first-order valence-electron chi connectivity index (χ1n) is 7.50. The van der Waals surface area contributed by atoms with Gasteiger partial charge in [-0.15, -0.1) is 0 Å². The maximum Gasteiger partial charge on any atom is 0.338 e. The van der Waals surface area contributed by atoms with Crippen LogP contribution in [0.2, 0.25) is 5.02 Å². The van der Waals surface area contributed by atoms with Crippen molar-refractivity contribution in [1.29, 1.82) is 0 Å². The normalized spacial score (nSPS) is 11.3. The highest BCUT2D eigenvalue weighted by atomic mass is 35.5. The van der Waals surface area contributed by atoms with Crippen molar-refractivity contribution in [3.63, 3.8) is 0 Å². The SMILES string of the molecule is CC(=O)Nc1ccc(NC(=O)[C@H](C)OC(=O)c2ccc(Cl)cc2)cc1. The first-order valence-corrected chi connectivity index (χ1v) is 7.88. The third-order valence-corrected chi connectivity index (χ3v) is 3.46. The van der Waals surface area contributed by atoms with E-state index in [0.29, 0.717) is 22.0 Å². The van der Waals surface area contributed by atoms with Crippen LogP contribution in [0.25, 0.3) is 0 Å². The largest absolute Gasteiger partial charge is 0.449 e. The molecule has 2 aromatic carbocycles. The minimum Gasteiger partial charge on any atom is -0.449 e. The molecule has 2 amide bonds. The van der Waals surface area contributed by atoms with Crippen LogP contribution in [0.5, 0.6) is 0 Å². The van der Waals surface area contributed by atoms with E-state index in [1.807, 2.05) is 0 Å². The van der Waals surface area contributed by atoms with E-state index in [1.54, 1.807) is 36.4 Å². The van der Waals surface area contributed by atoms with Gasteiger partial charge < -0.3 is 15.4 Å². The van der Waals surface area contributed by atoms with Gasteiger partial charge in [-0.25, -0.2) is 4.79 Å². The Morgan fingerprint density at radius 2 is 1.44 bits per heavy atom. The second-order valence-electron chi connectivity index (χ2n) is 5.30. The Bertz CT molecular complexity index is 773. The number of amides is 2. The van der Waals surface area contributed by atoms with Crippen LogP contribution in [0.3, 0.4) is 0 Å². The fraction of sp³-hybridized carbons (Fsp3) is 0.167. The second-order valence-corrected chi connectivity index (χ2v) is 5.74. The van der Waals surface area contributed by atoms with Gasteiger partial charge >= 0.3 is 5.97 Å². The summed E-state index contributed by atoms with van der Waals surface area (Å²) in [5, 5.41) is 5.77. The fourth-order valence-electron chi connectivity index (χ4n) is 1.95. The van der Waals surface area contributed by atoms with Gasteiger partial charge in [0.05, 0.1) is 5.56 Å². The molecule has 0 saturated heterocycles. The topological polar surface area (TPSA) is 84.5 Å². The standard InChI is InChI=1S/C18H17ClN2O4/c1-11(25-18(24)13-3-5-14(19)6-4-13)17(23)21-16-9-7-15(8-10-16)20-12(2)22/h3-11H,1-2H3,(H,20,22)(H,21,23)/t11-/m0/s1. The average molecular weight is 361 g/mol. The molecule has 7 heteroatoms. The monoisotopic (exact) mass is 360 g/mol. The van der Waals surface area contributed by atoms with Crippen LogP contribution in [0.1, 0.15) is 24.2 Å². The maximum absolute atomic E-state index is 12.1. The molecule has 0 bridgehead atoms. The van der Waals surface area contributed by atoms with Crippen molar-refractivity contribution in [3.8, 4) is 0 Å². The number of carbonyl (C=O) groups is 3. The van der Waals surface area contributed by atoms with E-state index in [9.17, 15) is 14.4 Å². The van der Waals surface area contributed by atoms with Gasteiger partial charge in [0.2, 0.25) is 5.91 Å². The van der Waals surface area contributed by atoms with E-state index in [-0.39, 0.29) is 5.91 Å². The number of benzene rings is 2. The number of rotatable bonds is 5. The lowest BCUT2D eigenvalue weighted by Crippen LogP contribution is -2.30. The number of ether oxygens (including phenoxy) is 1. The summed E-state index contributed by atoms with van der Waals surface area (Å²) in [5.74, 6) is -1.26. The molecule has 0 aliphatic carbocycles. The van der Waals surface area contributed by atoms with Crippen molar-refractivity contribution in [2.75, 3.05) is 10.6 Å². The Balaban J connectivity index is 1.92. The molecule has 0 radical (unpaired) electrons. The highest BCUT2D eigenvalue weighted by Crippen LogP contribution is 2.15. The highest BCUT2D eigenvalue weighted by Gasteiger charge is 2.19. The number of carbonyl (C=O) groups excluding carboxylic acids is 3. The van der Waals surface area contributed by atoms with Crippen molar-refractivity contribution < 1.29 is 19.1 Å². The first-order chi connectivity index (χ1) is 11.8. The molecule has 2 rings (SSSR count). The van der Waals surface area contributed by atoms with Gasteiger partial charge in [-0.3, -0.25) is 9.59 Å². The number of halogens is 1. The molecule has 0 unspecified atom stereocenters. The lowest BCUT2D eigenvalue weighted by Gasteiger charge is -2.14. The van der Waals surface area contributed by atoms with Crippen molar-refractivity contribution in [3.05, 3.63) is 59.1 Å². The smallest absolute Gasteiger partial charge is 0.338 e. The van der Waals surface area contributed by atoms with Crippen molar-refractivity contribution >= 4 is 40.8 Å². The van der Waals surface area contributed by atoms with Gasteiger partial charge in [0.25, 0.3) is 5.91 Å². The van der Waals surface area contributed by atoms with E-state index in [0.717, 1.165) is 0 Å².